The highest BCUT2D eigenvalue weighted by Crippen LogP contribution is 2.17. The number of hydrogen-bond acceptors (Lipinski definition) is 3. The molecule has 0 heterocycles. The lowest BCUT2D eigenvalue weighted by atomic mass is 10.0. The van der Waals surface area contributed by atoms with Crippen LogP contribution in [0.2, 0.25) is 0 Å². The van der Waals surface area contributed by atoms with Gasteiger partial charge in [0.05, 0.1) is 4.90 Å². The molecule has 0 aromatic heterocycles. The van der Waals surface area contributed by atoms with E-state index in [1.54, 1.807) is 42.5 Å². The highest BCUT2D eigenvalue weighted by Gasteiger charge is 2.14. The minimum atomic E-state index is -3.65. The number of benzene rings is 3. The maximum atomic E-state index is 12.3. The van der Waals surface area contributed by atoms with Crippen LogP contribution in [0.3, 0.4) is 0 Å². The molecule has 1 amide bonds. The molecule has 28 heavy (non-hydrogen) atoms. The summed E-state index contributed by atoms with van der Waals surface area (Å²) in [4.78, 5) is 12.5. The zero-order valence-corrected chi connectivity index (χ0v) is 16.3. The second kappa shape index (κ2) is 8.71. The summed E-state index contributed by atoms with van der Waals surface area (Å²) in [5.74, 6) is 0.00218. The number of amides is 1. The number of nitrogens with one attached hydrogen (secondary N) is 2. The molecule has 6 heteroatoms. The molecule has 0 saturated carbocycles. The molecular weight excluding hydrogens is 372 g/mol. The maximum Gasteiger partial charge on any atom is 0.261 e. The second-order valence-electron chi connectivity index (χ2n) is 6.52. The number of rotatable bonds is 7. The first-order chi connectivity index (χ1) is 13.5. The monoisotopic (exact) mass is 394 g/mol. The number of carbonyl (C=O) groups is 1. The van der Waals surface area contributed by atoms with Crippen LogP contribution in [0.5, 0.6) is 0 Å². The van der Waals surface area contributed by atoms with Crippen molar-refractivity contribution >= 4 is 21.6 Å². The van der Waals surface area contributed by atoms with Crippen molar-refractivity contribution in [1.82, 2.24) is 5.32 Å². The molecule has 0 fully saturated rings. The summed E-state index contributed by atoms with van der Waals surface area (Å²) in [6.07, 6.45) is 0. The number of sulfonamides is 1. The van der Waals surface area contributed by atoms with Gasteiger partial charge in [0.15, 0.2) is 0 Å². The van der Waals surface area contributed by atoms with Gasteiger partial charge in [-0.1, -0.05) is 55.5 Å². The van der Waals surface area contributed by atoms with E-state index in [0.717, 1.165) is 5.56 Å². The Bertz CT molecular complexity index is 1020. The number of hydrogen-bond donors (Lipinski definition) is 2. The van der Waals surface area contributed by atoms with Crippen molar-refractivity contribution in [2.24, 2.45) is 0 Å². The first-order valence-corrected chi connectivity index (χ1v) is 10.4. The summed E-state index contributed by atoms with van der Waals surface area (Å²) in [7, 11) is -3.65. The SMILES string of the molecule is C[C@@H](CNC(=O)c1ccc(NS(=O)(=O)c2ccccc2)cc1)c1ccccc1. The first kappa shape index (κ1) is 19.6. The van der Waals surface area contributed by atoms with Gasteiger partial charge in [-0.25, -0.2) is 8.42 Å². The number of anilines is 1. The van der Waals surface area contributed by atoms with Gasteiger partial charge in [0.1, 0.15) is 0 Å². The van der Waals surface area contributed by atoms with Crippen molar-refractivity contribution < 1.29 is 13.2 Å². The van der Waals surface area contributed by atoms with Crippen LogP contribution in [0.4, 0.5) is 5.69 Å². The minimum Gasteiger partial charge on any atom is -0.351 e. The molecule has 5 nitrogen and oxygen atoms in total. The molecule has 3 rings (SSSR count). The van der Waals surface area contributed by atoms with Crippen LogP contribution >= 0.6 is 0 Å². The Kier molecular flexibility index (Phi) is 6.11. The van der Waals surface area contributed by atoms with E-state index in [0.29, 0.717) is 17.8 Å². The smallest absolute Gasteiger partial charge is 0.261 e. The van der Waals surface area contributed by atoms with Gasteiger partial charge < -0.3 is 5.32 Å². The summed E-state index contributed by atoms with van der Waals surface area (Å²) in [5, 5.41) is 2.91. The van der Waals surface area contributed by atoms with Crippen LogP contribution in [0.1, 0.15) is 28.8 Å². The Hall–Kier alpha value is -3.12. The maximum absolute atomic E-state index is 12.3. The second-order valence-corrected chi connectivity index (χ2v) is 8.20. The largest absolute Gasteiger partial charge is 0.351 e. The fourth-order valence-corrected chi connectivity index (χ4v) is 3.83. The quantitative estimate of drug-likeness (QED) is 0.635. The Morgan fingerprint density at radius 3 is 2.04 bits per heavy atom. The van der Waals surface area contributed by atoms with Crippen LogP contribution in [0.25, 0.3) is 0 Å². The van der Waals surface area contributed by atoms with E-state index in [1.165, 1.54) is 12.1 Å². The van der Waals surface area contributed by atoms with E-state index in [1.807, 2.05) is 30.3 Å². The first-order valence-electron chi connectivity index (χ1n) is 8.97. The third-order valence-corrected chi connectivity index (χ3v) is 5.79. The van der Waals surface area contributed by atoms with Gasteiger partial charge in [0.2, 0.25) is 0 Å². The predicted octanol–water partition coefficient (Wildman–Crippen LogP) is 4.02. The van der Waals surface area contributed by atoms with Crippen LogP contribution < -0.4 is 10.0 Å². The summed E-state index contributed by atoms with van der Waals surface area (Å²) >= 11 is 0. The highest BCUT2D eigenvalue weighted by atomic mass is 32.2. The Labute approximate surface area is 165 Å². The van der Waals surface area contributed by atoms with Crippen molar-refractivity contribution in [2.45, 2.75) is 17.7 Å². The average Bonchev–Trinajstić information content (AvgIpc) is 2.73. The van der Waals surface area contributed by atoms with Crippen molar-refractivity contribution in [3.05, 3.63) is 96.1 Å². The molecule has 0 saturated heterocycles. The number of carbonyl (C=O) groups excluding carboxylic acids is 1. The molecular formula is C22H22N2O3S. The van der Waals surface area contributed by atoms with Crippen LogP contribution in [-0.2, 0) is 10.0 Å². The lowest BCUT2D eigenvalue weighted by Gasteiger charge is -2.13. The Morgan fingerprint density at radius 1 is 0.857 bits per heavy atom. The average molecular weight is 394 g/mol. The molecule has 3 aromatic carbocycles. The summed E-state index contributed by atoms with van der Waals surface area (Å²) in [6.45, 7) is 2.57. The molecule has 0 aliphatic carbocycles. The highest BCUT2D eigenvalue weighted by molar-refractivity contribution is 7.92. The topological polar surface area (TPSA) is 75.3 Å². The Balaban J connectivity index is 1.60. The summed E-state index contributed by atoms with van der Waals surface area (Å²) < 4.78 is 27.2. The lowest BCUT2D eigenvalue weighted by molar-refractivity contribution is 0.0951. The standard InChI is InChI=1S/C22H22N2O3S/c1-17(18-8-4-2-5-9-18)16-23-22(25)19-12-14-20(15-13-19)24-28(26,27)21-10-6-3-7-11-21/h2-15,17,24H,16H2,1H3,(H,23,25)/t17-/m0/s1. The lowest BCUT2D eigenvalue weighted by Crippen LogP contribution is -2.27. The van der Waals surface area contributed by atoms with Gasteiger partial charge in [0.25, 0.3) is 15.9 Å². The molecule has 0 unspecified atom stereocenters. The zero-order valence-electron chi connectivity index (χ0n) is 15.5. The Morgan fingerprint density at radius 2 is 1.43 bits per heavy atom. The van der Waals surface area contributed by atoms with Crippen molar-refractivity contribution in [2.75, 3.05) is 11.3 Å². The van der Waals surface area contributed by atoms with Gasteiger partial charge in [-0.2, -0.15) is 0 Å². The third-order valence-electron chi connectivity index (χ3n) is 4.39. The molecule has 0 bridgehead atoms. The molecule has 144 valence electrons. The fraction of sp³-hybridized carbons (Fsp3) is 0.136. The summed E-state index contributed by atoms with van der Waals surface area (Å²) in [5.41, 5.74) is 2.04. The van der Waals surface area contributed by atoms with Crippen LogP contribution in [0.15, 0.2) is 89.8 Å². The normalized spacial score (nSPS) is 12.2. The van der Waals surface area contributed by atoms with E-state index in [2.05, 4.69) is 17.0 Å². The molecule has 0 radical (unpaired) electrons. The molecule has 0 aliphatic rings. The van der Waals surface area contributed by atoms with E-state index in [4.69, 9.17) is 0 Å². The van der Waals surface area contributed by atoms with Gasteiger partial charge in [0, 0.05) is 17.8 Å². The van der Waals surface area contributed by atoms with Crippen LogP contribution in [0, 0.1) is 0 Å². The van der Waals surface area contributed by atoms with Crippen molar-refractivity contribution in [1.29, 1.82) is 0 Å². The molecule has 1 atom stereocenters. The van der Waals surface area contributed by atoms with Gasteiger partial charge in [-0.15, -0.1) is 0 Å². The molecule has 0 spiro atoms. The molecule has 2 N–H and O–H groups in total. The zero-order chi connectivity index (χ0) is 20.0. The van der Waals surface area contributed by atoms with E-state index >= 15 is 0 Å². The molecule has 0 aliphatic heterocycles. The minimum absolute atomic E-state index is 0.187. The summed E-state index contributed by atoms with van der Waals surface area (Å²) in [6, 6.07) is 24.5. The van der Waals surface area contributed by atoms with E-state index in [9.17, 15) is 13.2 Å². The van der Waals surface area contributed by atoms with Gasteiger partial charge in [-0.05, 0) is 47.9 Å². The third kappa shape index (κ3) is 4.98. The molecule has 3 aromatic rings. The van der Waals surface area contributed by atoms with E-state index < -0.39 is 10.0 Å². The predicted molar refractivity (Wildman–Crippen MR) is 111 cm³/mol. The van der Waals surface area contributed by atoms with Crippen molar-refractivity contribution in [3.63, 3.8) is 0 Å². The van der Waals surface area contributed by atoms with Gasteiger partial charge >= 0.3 is 0 Å². The van der Waals surface area contributed by atoms with Gasteiger partial charge in [-0.3, -0.25) is 9.52 Å². The van der Waals surface area contributed by atoms with Crippen LogP contribution in [-0.4, -0.2) is 20.9 Å². The van der Waals surface area contributed by atoms with Crippen molar-refractivity contribution in [3.8, 4) is 0 Å². The van der Waals surface area contributed by atoms with E-state index in [-0.39, 0.29) is 16.7 Å². The fourth-order valence-electron chi connectivity index (χ4n) is 2.75.